The second kappa shape index (κ2) is 8.24. The number of amides is 2. The molecule has 1 N–H and O–H groups in total. The van der Waals surface area contributed by atoms with Gasteiger partial charge in [-0.1, -0.05) is 60.3 Å². The number of para-hydroxylation sites is 1. The zero-order valence-corrected chi connectivity index (χ0v) is 13.5. The van der Waals surface area contributed by atoms with E-state index in [1.807, 2.05) is 67.5 Å². The van der Waals surface area contributed by atoms with Gasteiger partial charge in [0.05, 0.1) is 0 Å². The van der Waals surface area contributed by atoms with Crippen molar-refractivity contribution in [3.05, 3.63) is 66.2 Å². The molecule has 2 rings (SSSR count). The molecule has 0 atom stereocenters. The molecule has 0 unspecified atom stereocenters. The molecule has 0 saturated heterocycles. The number of urea groups is 1. The van der Waals surface area contributed by atoms with Crippen LogP contribution >= 0.6 is 11.8 Å². The van der Waals surface area contributed by atoms with Crippen LogP contribution in [0.1, 0.15) is 5.56 Å². The van der Waals surface area contributed by atoms with Crippen LogP contribution in [0.3, 0.4) is 0 Å². The number of benzene rings is 2. The van der Waals surface area contributed by atoms with Crippen molar-refractivity contribution < 1.29 is 4.79 Å². The highest BCUT2D eigenvalue weighted by Gasteiger charge is 2.08. The average Bonchev–Trinajstić information content (AvgIpc) is 2.53. The predicted molar refractivity (Wildman–Crippen MR) is 94.3 cm³/mol. The molecule has 0 fully saturated rings. The normalized spacial score (nSPS) is 11.1. The Labute approximate surface area is 135 Å². The fraction of sp³-hybridized carbons (Fsp3) is 0.176. The second-order valence-corrected chi connectivity index (χ2v) is 5.80. The highest BCUT2D eigenvalue weighted by atomic mass is 32.2. The van der Waals surface area contributed by atoms with Gasteiger partial charge in [0.25, 0.3) is 0 Å². The Bertz CT molecular complexity index is 627. The molecule has 0 saturated carbocycles. The number of hydrogen-bond acceptors (Lipinski definition) is 2. The first-order valence-electron chi connectivity index (χ1n) is 6.94. The van der Waals surface area contributed by atoms with Crippen LogP contribution in [0.25, 0.3) is 0 Å². The zero-order valence-electron chi connectivity index (χ0n) is 12.7. The predicted octanol–water partition coefficient (Wildman–Crippen LogP) is 4.07. The number of nitrogens with one attached hydrogen (secondary N) is 1. The molecule has 4 nitrogen and oxygen atoms in total. The van der Waals surface area contributed by atoms with Crippen LogP contribution in [0.5, 0.6) is 0 Å². The van der Waals surface area contributed by atoms with E-state index in [-0.39, 0.29) is 6.03 Å². The number of thioether (sulfide) groups is 1. The number of hydrogen-bond donors (Lipinski definition) is 1. The van der Waals surface area contributed by atoms with E-state index in [1.54, 1.807) is 0 Å². The molecular weight excluding hydrogens is 294 g/mol. The van der Waals surface area contributed by atoms with Crippen molar-refractivity contribution >= 4 is 28.6 Å². The number of aliphatic imine (C=N–C) groups is 1. The smallest absolute Gasteiger partial charge is 0.347 e. The average molecular weight is 313 g/mol. The minimum absolute atomic E-state index is 0.365. The minimum Gasteiger partial charge on any atom is -0.357 e. The maximum atomic E-state index is 12.0. The molecule has 114 valence electrons. The Morgan fingerprint density at radius 3 is 2.23 bits per heavy atom. The standard InChI is InChI=1S/C17H19N3OS/c1-20(2)17(22-13-14-9-5-3-6-10-14)19-16(21)18-15-11-7-4-8-12-15/h3-12H,13H2,1-2H3,(H,18,21)/b19-17-. The van der Waals surface area contributed by atoms with Crippen LogP contribution in [-0.4, -0.2) is 30.2 Å². The minimum atomic E-state index is -0.365. The summed E-state index contributed by atoms with van der Waals surface area (Å²) in [5.74, 6) is 0.774. The lowest BCUT2D eigenvalue weighted by molar-refractivity contribution is 0.259. The number of rotatable bonds is 3. The van der Waals surface area contributed by atoms with Gasteiger partial charge in [-0.05, 0) is 17.7 Å². The lowest BCUT2D eigenvalue weighted by Crippen LogP contribution is -2.21. The van der Waals surface area contributed by atoms with E-state index in [0.717, 1.165) is 11.4 Å². The number of nitrogens with zero attached hydrogens (tertiary/aromatic N) is 2. The van der Waals surface area contributed by atoms with Crippen molar-refractivity contribution in [1.29, 1.82) is 0 Å². The van der Waals surface area contributed by atoms with Crippen molar-refractivity contribution in [3.8, 4) is 0 Å². The summed E-state index contributed by atoms with van der Waals surface area (Å²) >= 11 is 1.54. The van der Waals surface area contributed by atoms with Crippen molar-refractivity contribution in [2.75, 3.05) is 19.4 Å². The van der Waals surface area contributed by atoms with Gasteiger partial charge >= 0.3 is 6.03 Å². The van der Waals surface area contributed by atoms with E-state index in [0.29, 0.717) is 5.17 Å². The number of amidine groups is 1. The SMILES string of the molecule is CN(C)/C(=N/C(=O)Nc1ccccc1)SCc1ccccc1. The molecule has 22 heavy (non-hydrogen) atoms. The molecule has 0 aliphatic heterocycles. The zero-order chi connectivity index (χ0) is 15.8. The molecule has 0 heterocycles. The Balaban J connectivity index is 1.99. The van der Waals surface area contributed by atoms with Crippen LogP contribution in [-0.2, 0) is 5.75 Å². The molecule has 0 aliphatic carbocycles. The quantitative estimate of drug-likeness (QED) is 0.686. The Hall–Kier alpha value is -2.27. The van der Waals surface area contributed by atoms with Crippen LogP contribution < -0.4 is 5.32 Å². The maximum absolute atomic E-state index is 12.0. The van der Waals surface area contributed by atoms with Gasteiger partial charge in [0.1, 0.15) is 0 Å². The highest BCUT2D eigenvalue weighted by molar-refractivity contribution is 8.13. The van der Waals surface area contributed by atoms with Crippen LogP contribution in [0.4, 0.5) is 10.5 Å². The van der Waals surface area contributed by atoms with E-state index in [4.69, 9.17) is 0 Å². The lowest BCUT2D eigenvalue weighted by atomic mass is 10.2. The van der Waals surface area contributed by atoms with Crippen LogP contribution in [0.2, 0.25) is 0 Å². The summed E-state index contributed by atoms with van der Waals surface area (Å²) in [6, 6.07) is 19.1. The molecule has 0 aromatic heterocycles. The van der Waals surface area contributed by atoms with Gasteiger partial charge in [-0.25, -0.2) is 4.79 Å². The summed E-state index contributed by atoms with van der Waals surface area (Å²) in [6.07, 6.45) is 0. The van der Waals surface area contributed by atoms with Gasteiger partial charge in [-0.2, -0.15) is 4.99 Å². The molecule has 0 aliphatic rings. The summed E-state index contributed by atoms with van der Waals surface area (Å²) in [4.78, 5) is 18.0. The van der Waals surface area contributed by atoms with Gasteiger partial charge < -0.3 is 10.2 Å². The van der Waals surface area contributed by atoms with Gasteiger partial charge in [0.2, 0.25) is 0 Å². The monoisotopic (exact) mass is 313 g/mol. The summed E-state index contributed by atoms with van der Waals surface area (Å²) in [7, 11) is 3.76. The third kappa shape index (κ3) is 5.26. The fourth-order valence-electron chi connectivity index (χ4n) is 1.74. The molecule has 0 radical (unpaired) electrons. The van der Waals surface area contributed by atoms with Crippen molar-refractivity contribution in [2.24, 2.45) is 4.99 Å². The number of anilines is 1. The summed E-state index contributed by atoms with van der Waals surface area (Å²) in [6.45, 7) is 0. The molecule has 2 aromatic rings. The first-order valence-corrected chi connectivity index (χ1v) is 7.92. The molecular formula is C17H19N3OS. The van der Waals surface area contributed by atoms with Crippen molar-refractivity contribution in [3.63, 3.8) is 0 Å². The molecule has 0 bridgehead atoms. The van der Waals surface area contributed by atoms with Gasteiger partial charge in [0.15, 0.2) is 5.17 Å². The van der Waals surface area contributed by atoms with E-state index >= 15 is 0 Å². The highest BCUT2D eigenvalue weighted by Crippen LogP contribution is 2.15. The first kappa shape index (κ1) is 16.1. The third-order valence-electron chi connectivity index (χ3n) is 2.82. The Kier molecular flexibility index (Phi) is 6.03. The summed E-state index contributed by atoms with van der Waals surface area (Å²) < 4.78 is 0. The summed E-state index contributed by atoms with van der Waals surface area (Å²) in [5, 5.41) is 3.44. The van der Waals surface area contributed by atoms with E-state index in [2.05, 4.69) is 22.4 Å². The van der Waals surface area contributed by atoms with Gasteiger partial charge in [0, 0.05) is 25.5 Å². The molecule has 2 aromatic carbocycles. The van der Waals surface area contributed by atoms with E-state index < -0.39 is 0 Å². The second-order valence-electron chi connectivity index (χ2n) is 4.86. The van der Waals surface area contributed by atoms with Gasteiger partial charge in [-0.3, -0.25) is 0 Å². The van der Waals surface area contributed by atoms with Crippen molar-refractivity contribution in [1.82, 2.24) is 4.90 Å². The maximum Gasteiger partial charge on any atom is 0.347 e. The van der Waals surface area contributed by atoms with Crippen LogP contribution in [0, 0.1) is 0 Å². The molecule has 5 heteroatoms. The number of carbonyl (C=O) groups excluding carboxylic acids is 1. The fourth-order valence-corrected chi connectivity index (χ4v) is 2.64. The molecule has 2 amide bonds. The van der Waals surface area contributed by atoms with E-state index in [9.17, 15) is 4.79 Å². The summed E-state index contributed by atoms with van der Waals surface area (Å²) in [5.41, 5.74) is 1.94. The number of carbonyl (C=O) groups is 1. The third-order valence-corrected chi connectivity index (χ3v) is 4.01. The Morgan fingerprint density at radius 2 is 1.64 bits per heavy atom. The topological polar surface area (TPSA) is 44.7 Å². The lowest BCUT2D eigenvalue weighted by Gasteiger charge is -2.14. The molecule has 0 spiro atoms. The Morgan fingerprint density at radius 1 is 1.05 bits per heavy atom. The van der Waals surface area contributed by atoms with Gasteiger partial charge in [-0.15, -0.1) is 0 Å². The van der Waals surface area contributed by atoms with Crippen molar-refractivity contribution in [2.45, 2.75) is 5.75 Å². The largest absolute Gasteiger partial charge is 0.357 e. The van der Waals surface area contributed by atoms with Crippen LogP contribution in [0.15, 0.2) is 65.7 Å². The first-order chi connectivity index (χ1) is 10.6. The van der Waals surface area contributed by atoms with E-state index in [1.165, 1.54) is 17.3 Å².